The van der Waals surface area contributed by atoms with Crippen LogP contribution in [0.2, 0.25) is 0 Å². The minimum Gasteiger partial charge on any atom is -0.490 e. The fourth-order valence-corrected chi connectivity index (χ4v) is 2.54. The Balaban J connectivity index is 1.88. The second-order valence-electron chi connectivity index (χ2n) is 5.34. The van der Waals surface area contributed by atoms with E-state index in [0.29, 0.717) is 11.3 Å². The van der Waals surface area contributed by atoms with Gasteiger partial charge in [-0.25, -0.2) is 4.79 Å². The number of para-hydroxylation sites is 1. The molecule has 0 unspecified atom stereocenters. The van der Waals surface area contributed by atoms with Gasteiger partial charge in [0.2, 0.25) is 0 Å². The van der Waals surface area contributed by atoms with Crippen LogP contribution < -0.4 is 9.64 Å². The molecule has 26 heavy (non-hydrogen) atoms. The van der Waals surface area contributed by atoms with Crippen molar-refractivity contribution in [3.05, 3.63) is 63.7 Å². The molecule has 1 heterocycles. The summed E-state index contributed by atoms with van der Waals surface area (Å²) in [5, 5.41) is 14.7. The average molecular weight is 355 g/mol. The van der Waals surface area contributed by atoms with Crippen LogP contribution >= 0.6 is 0 Å². The molecule has 0 saturated heterocycles. The average Bonchev–Trinajstić information content (AvgIpc) is 2.90. The molecule has 1 amide bonds. The first-order valence-corrected chi connectivity index (χ1v) is 7.43. The van der Waals surface area contributed by atoms with Gasteiger partial charge in [-0.05, 0) is 18.2 Å². The molecule has 1 aliphatic heterocycles. The van der Waals surface area contributed by atoms with Crippen LogP contribution in [0.25, 0.3) is 0 Å². The van der Waals surface area contributed by atoms with Crippen molar-refractivity contribution in [1.29, 1.82) is 0 Å². The Morgan fingerprint density at radius 2 is 1.96 bits per heavy atom. The summed E-state index contributed by atoms with van der Waals surface area (Å²) < 4.78 is 4.88. The van der Waals surface area contributed by atoms with E-state index in [1.165, 1.54) is 24.1 Å². The molecule has 9 nitrogen and oxygen atoms in total. The topological polar surface area (TPSA) is 111 Å². The largest absolute Gasteiger partial charge is 0.490 e. The summed E-state index contributed by atoms with van der Waals surface area (Å²) in [5.41, 5.74) is 0.700. The Morgan fingerprint density at radius 3 is 2.65 bits per heavy atom. The Bertz CT molecular complexity index is 953. The molecule has 0 atom stereocenters. The van der Waals surface area contributed by atoms with Gasteiger partial charge in [0, 0.05) is 18.7 Å². The molecular weight excluding hydrogens is 342 g/mol. The first-order chi connectivity index (χ1) is 12.4. The SMILES string of the molecule is COc1ccc(C(=O)ON=C2C(=O)N(C)c3ccccc32)cc1[N+](=O)[O-]. The standard InChI is InChI=1S/C17H13N3O6/c1-19-12-6-4-3-5-11(12)15(16(19)21)18-26-17(22)10-7-8-14(25-2)13(9-10)20(23)24/h3-9H,1-2H3. The number of carbonyl (C=O) groups excluding carboxylic acids is 2. The van der Waals surface area contributed by atoms with Crippen LogP contribution in [-0.2, 0) is 9.63 Å². The number of carbonyl (C=O) groups is 2. The molecule has 2 aromatic carbocycles. The lowest BCUT2D eigenvalue weighted by Gasteiger charge is -2.07. The number of oxime groups is 1. The van der Waals surface area contributed by atoms with Crippen LogP contribution in [0.3, 0.4) is 0 Å². The van der Waals surface area contributed by atoms with Crippen molar-refractivity contribution in [2.75, 3.05) is 19.1 Å². The van der Waals surface area contributed by atoms with Crippen molar-refractivity contribution in [3.63, 3.8) is 0 Å². The number of fused-ring (bicyclic) bond motifs is 1. The summed E-state index contributed by atoms with van der Waals surface area (Å²) in [5.74, 6) is -1.33. The molecule has 132 valence electrons. The maximum Gasteiger partial charge on any atom is 0.366 e. The molecule has 0 fully saturated rings. The van der Waals surface area contributed by atoms with E-state index in [4.69, 9.17) is 9.57 Å². The zero-order valence-corrected chi connectivity index (χ0v) is 13.8. The lowest BCUT2D eigenvalue weighted by molar-refractivity contribution is -0.385. The van der Waals surface area contributed by atoms with E-state index in [0.717, 1.165) is 6.07 Å². The number of rotatable bonds is 4. The second-order valence-corrected chi connectivity index (χ2v) is 5.34. The molecule has 0 bridgehead atoms. The monoisotopic (exact) mass is 355 g/mol. The Hall–Kier alpha value is -3.75. The molecule has 0 spiro atoms. The van der Waals surface area contributed by atoms with E-state index in [2.05, 4.69) is 5.16 Å². The van der Waals surface area contributed by atoms with Gasteiger partial charge < -0.3 is 14.5 Å². The van der Waals surface area contributed by atoms with Gasteiger partial charge in [-0.15, -0.1) is 0 Å². The van der Waals surface area contributed by atoms with Gasteiger partial charge in [0.1, 0.15) is 0 Å². The molecule has 1 aliphatic rings. The van der Waals surface area contributed by atoms with Crippen molar-refractivity contribution in [3.8, 4) is 5.75 Å². The number of anilines is 1. The van der Waals surface area contributed by atoms with Crippen LogP contribution in [0.15, 0.2) is 47.6 Å². The van der Waals surface area contributed by atoms with Gasteiger partial charge in [-0.3, -0.25) is 14.9 Å². The number of methoxy groups -OCH3 is 1. The predicted molar refractivity (Wildman–Crippen MR) is 91.5 cm³/mol. The number of nitro benzene ring substituents is 1. The summed E-state index contributed by atoms with van der Waals surface area (Å²) in [6, 6.07) is 10.5. The number of nitrogens with zero attached hydrogens (tertiary/aromatic N) is 3. The second kappa shape index (κ2) is 6.63. The van der Waals surface area contributed by atoms with Crippen LogP contribution in [0, 0.1) is 10.1 Å². The van der Waals surface area contributed by atoms with Crippen molar-refractivity contribution >= 4 is 29.0 Å². The number of benzene rings is 2. The quantitative estimate of drug-likeness (QED) is 0.472. The number of likely N-dealkylation sites (N-methyl/N-ethyl adjacent to an activating group) is 1. The van der Waals surface area contributed by atoms with Gasteiger partial charge in [0.15, 0.2) is 11.5 Å². The van der Waals surface area contributed by atoms with E-state index < -0.39 is 16.8 Å². The van der Waals surface area contributed by atoms with Crippen molar-refractivity contribution in [2.24, 2.45) is 5.16 Å². The van der Waals surface area contributed by atoms with Crippen LogP contribution in [0.1, 0.15) is 15.9 Å². The molecule has 3 rings (SSSR count). The third kappa shape index (κ3) is 2.86. The number of amides is 1. The van der Waals surface area contributed by atoms with E-state index in [1.807, 2.05) is 0 Å². The molecule has 0 aromatic heterocycles. The molecule has 0 aliphatic carbocycles. The van der Waals surface area contributed by atoms with Crippen LogP contribution in [0.5, 0.6) is 5.75 Å². The Kier molecular flexibility index (Phi) is 4.36. The maximum atomic E-state index is 12.2. The molecule has 0 saturated carbocycles. The Morgan fingerprint density at radius 1 is 1.23 bits per heavy atom. The fraction of sp³-hybridized carbons (Fsp3) is 0.118. The molecule has 9 heteroatoms. The number of hydrogen-bond acceptors (Lipinski definition) is 7. The minimum absolute atomic E-state index is 0.0133. The maximum absolute atomic E-state index is 12.2. The van der Waals surface area contributed by atoms with Crippen LogP contribution in [-0.4, -0.2) is 36.7 Å². The van der Waals surface area contributed by atoms with Crippen molar-refractivity contribution < 1.29 is 24.1 Å². The highest BCUT2D eigenvalue weighted by Gasteiger charge is 2.32. The summed E-state index contributed by atoms with van der Waals surface area (Å²) in [6.07, 6.45) is 0. The highest BCUT2D eigenvalue weighted by Crippen LogP contribution is 2.29. The third-order valence-corrected chi connectivity index (χ3v) is 3.86. The zero-order chi connectivity index (χ0) is 18.8. The lowest BCUT2D eigenvalue weighted by Crippen LogP contribution is -2.25. The zero-order valence-electron chi connectivity index (χ0n) is 13.8. The van der Waals surface area contributed by atoms with Gasteiger partial charge in [-0.1, -0.05) is 23.4 Å². The van der Waals surface area contributed by atoms with E-state index in [-0.39, 0.29) is 22.7 Å². The molecule has 0 radical (unpaired) electrons. The first kappa shape index (κ1) is 17.1. The van der Waals surface area contributed by atoms with E-state index in [9.17, 15) is 19.7 Å². The number of ether oxygens (including phenoxy) is 1. The molecule has 0 N–H and O–H groups in total. The number of hydrogen-bond donors (Lipinski definition) is 0. The lowest BCUT2D eigenvalue weighted by atomic mass is 10.1. The third-order valence-electron chi connectivity index (χ3n) is 3.86. The Labute approximate surface area is 147 Å². The molecular formula is C17H13N3O6. The highest BCUT2D eigenvalue weighted by molar-refractivity contribution is 6.54. The fourth-order valence-electron chi connectivity index (χ4n) is 2.54. The van der Waals surface area contributed by atoms with Gasteiger partial charge in [-0.2, -0.15) is 0 Å². The summed E-state index contributed by atoms with van der Waals surface area (Å²) in [7, 11) is 2.87. The highest BCUT2D eigenvalue weighted by atomic mass is 16.7. The van der Waals surface area contributed by atoms with Gasteiger partial charge in [0.05, 0.1) is 23.3 Å². The van der Waals surface area contributed by atoms with E-state index in [1.54, 1.807) is 31.3 Å². The summed E-state index contributed by atoms with van der Waals surface area (Å²) >= 11 is 0. The normalized spacial score (nSPS) is 14.3. The van der Waals surface area contributed by atoms with Gasteiger partial charge in [0.25, 0.3) is 5.91 Å². The summed E-state index contributed by atoms with van der Waals surface area (Å²) in [4.78, 5) is 41.0. The van der Waals surface area contributed by atoms with Crippen LogP contribution in [0.4, 0.5) is 11.4 Å². The smallest absolute Gasteiger partial charge is 0.366 e. The first-order valence-electron chi connectivity index (χ1n) is 7.43. The number of nitro groups is 1. The summed E-state index contributed by atoms with van der Waals surface area (Å²) in [6.45, 7) is 0. The molecule has 2 aromatic rings. The predicted octanol–water partition coefficient (Wildman–Crippen LogP) is 2.14. The minimum atomic E-state index is -0.928. The van der Waals surface area contributed by atoms with Crippen molar-refractivity contribution in [2.45, 2.75) is 0 Å². The van der Waals surface area contributed by atoms with E-state index >= 15 is 0 Å². The van der Waals surface area contributed by atoms with Crippen molar-refractivity contribution in [1.82, 2.24) is 0 Å². The van der Waals surface area contributed by atoms with Gasteiger partial charge >= 0.3 is 11.7 Å².